The van der Waals surface area contributed by atoms with E-state index in [2.05, 4.69) is 6.07 Å². The molecule has 1 fully saturated rings. The van der Waals surface area contributed by atoms with E-state index in [4.69, 9.17) is 17.3 Å². The second-order valence-corrected chi connectivity index (χ2v) is 4.13. The quantitative estimate of drug-likeness (QED) is 0.733. The molecule has 0 amide bonds. The fourth-order valence-electron chi connectivity index (χ4n) is 2.15. The first kappa shape index (κ1) is 9.04. The Labute approximate surface area is 83.9 Å². The van der Waals surface area contributed by atoms with Crippen LogP contribution in [0.4, 0.5) is 0 Å². The first-order valence-corrected chi connectivity index (χ1v) is 5.17. The molecule has 2 N–H and O–H groups in total. The largest absolute Gasteiger partial charge is 0.327 e. The van der Waals surface area contributed by atoms with Gasteiger partial charge >= 0.3 is 0 Å². The first-order chi connectivity index (χ1) is 6.29. The van der Waals surface area contributed by atoms with Crippen molar-refractivity contribution in [3.63, 3.8) is 0 Å². The summed E-state index contributed by atoms with van der Waals surface area (Å²) in [6, 6.07) is 8.35. The number of benzene rings is 1. The molecule has 0 saturated heterocycles. The van der Waals surface area contributed by atoms with Gasteiger partial charge in [-0.2, -0.15) is 0 Å². The van der Waals surface area contributed by atoms with Crippen LogP contribution in [-0.4, -0.2) is 6.04 Å². The van der Waals surface area contributed by atoms with Crippen molar-refractivity contribution in [1.82, 2.24) is 0 Å². The number of halogens is 1. The molecule has 2 heteroatoms. The average Bonchev–Trinajstić information content (AvgIpc) is 2.52. The molecule has 0 heterocycles. The summed E-state index contributed by atoms with van der Waals surface area (Å²) in [6.45, 7) is 0. The third kappa shape index (κ3) is 1.72. The summed E-state index contributed by atoms with van der Waals surface area (Å²) >= 11 is 6.11. The van der Waals surface area contributed by atoms with E-state index in [-0.39, 0.29) is 0 Å². The van der Waals surface area contributed by atoms with E-state index in [9.17, 15) is 0 Å². The molecule has 0 aromatic heterocycles. The van der Waals surface area contributed by atoms with Crippen LogP contribution >= 0.6 is 11.6 Å². The molecule has 1 nitrogen and oxygen atoms in total. The van der Waals surface area contributed by atoms with Gasteiger partial charge in [-0.3, -0.25) is 0 Å². The Bertz CT molecular complexity index is 298. The van der Waals surface area contributed by atoms with Gasteiger partial charge in [-0.05, 0) is 24.5 Å². The zero-order chi connectivity index (χ0) is 9.26. The maximum Gasteiger partial charge on any atom is 0.0441 e. The zero-order valence-electron chi connectivity index (χ0n) is 7.54. The Morgan fingerprint density at radius 1 is 1.23 bits per heavy atom. The molecule has 1 aromatic carbocycles. The predicted octanol–water partition coefficient (Wildman–Crippen LogP) is 2.93. The van der Waals surface area contributed by atoms with Gasteiger partial charge in [0.15, 0.2) is 0 Å². The fourth-order valence-corrected chi connectivity index (χ4v) is 2.43. The van der Waals surface area contributed by atoms with Crippen LogP contribution in [0.5, 0.6) is 0 Å². The highest BCUT2D eigenvalue weighted by Gasteiger charge is 2.26. The Morgan fingerprint density at radius 2 is 2.00 bits per heavy atom. The van der Waals surface area contributed by atoms with E-state index in [1.54, 1.807) is 0 Å². The molecule has 2 unspecified atom stereocenters. The highest BCUT2D eigenvalue weighted by atomic mass is 35.5. The van der Waals surface area contributed by atoms with Crippen LogP contribution in [0.2, 0.25) is 5.02 Å². The molecule has 13 heavy (non-hydrogen) atoms. The van der Waals surface area contributed by atoms with Crippen LogP contribution in [-0.2, 0) is 0 Å². The van der Waals surface area contributed by atoms with Gasteiger partial charge in [-0.1, -0.05) is 36.2 Å². The average molecular weight is 196 g/mol. The monoisotopic (exact) mass is 195 g/mol. The summed E-state index contributed by atoms with van der Waals surface area (Å²) < 4.78 is 0. The van der Waals surface area contributed by atoms with Gasteiger partial charge in [-0.15, -0.1) is 0 Å². The topological polar surface area (TPSA) is 26.0 Å². The lowest BCUT2D eigenvalue weighted by molar-refractivity contribution is 0.613. The molecule has 2 rings (SSSR count). The van der Waals surface area contributed by atoms with Gasteiger partial charge in [-0.25, -0.2) is 0 Å². The van der Waals surface area contributed by atoms with Crippen molar-refractivity contribution in [2.45, 2.75) is 31.2 Å². The van der Waals surface area contributed by atoms with E-state index in [0.717, 1.165) is 11.4 Å². The van der Waals surface area contributed by atoms with Crippen LogP contribution in [0, 0.1) is 0 Å². The van der Waals surface area contributed by atoms with Crippen LogP contribution < -0.4 is 5.73 Å². The molecule has 0 bridgehead atoms. The van der Waals surface area contributed by atoms with E-state index >= 15 is 0 Å². The summed E-state index contributed by atoms with van der Waals surface area (Å²) in [5, 5.41) is 0.866. The minimum absolute atomic E-state index is 0.305. The number of hydrogen-bond acceptors (Lipinski definition) is 1. The van der Waals surface area contributed by atoms with E-state index in [1.165, 1.54) is 18.4 Å². The Balaban J connectivity index is 2.29. The molecule has 2 atom stereocenters. The molecule has 1 aliphatic carbocycles. The molecular formula is C11H14ClN. The van der Waals surface area contributed by atoms with Crippen molar-refractivity contribution in [2.75, 3.05) is 0 Å². The van der Waals surface area contributed by atoms with Crippen molar-refractivity contribution in [1.29, 1.82) is 0 Å². The second kappa shape index (κ2) is 3.69. The summed E-state index contributed by atoms with van der Waals surface area (Å²) in [6.07, 6.45) is 3.55. The molecule has 1 saturated carbocycles. The summed E-state index contributed by atoms with van der Waals surface area (Å²) in [4.78, 5) is 0. The molecule has 70 valence electrons. The van der Waals surface area contributed by atoms with Crippen molar-refractivity contribution in [3.05, 3.63) is 34.9 Å². The molecule has 1 aromatic rings. The minimum atomic E-state index is 0.305. The Morgan fingerprint density at radius 3 is 2.62 bits per heavy atom. The highest BCUT2D eigenvalue weighted by Crippen LogP contribution is 2.36. The lowest BCUT2D eigenvalue weighted by Crippen LogP contribution is -2.22. The van der Waals surface area contributed by atoms with Gasteiger partial charge in [0.2, 0.25) is 0 Å². The third-order valence-electron chi connectivity index (χ3n) is 2.87. The lowest BCUT2D eigenvalue weighted by atomic mass is 9.95. The number of rotatable bonds is 1. The van der Waals surface area contributed by atoms with Gasteiger partial charge in [0.05, 0.1) is 0 Å². The van der Waals surface area contributed by atoms with Crippen LogP contribution in [0.3, 0.4) is 0 Å². The summed E-state index contributed by atoms with van der Waals surface area (Å²) in [7, 11) is 0. The van der Waals surface area contributed by atoms with E-state index < -0.39 is 0 Å². The van der Waals surface area contributed by atoms with E-state index in [0.29, 0.717) is 12.0 Å². The maximum atomic E-state index is 6.11. The zero-order valence-corrected chi connectivity index (χ0v) is 8.30. The smallest absolute Gasteiger partial charge is 0.0441 e. The minimum Gasteiger partial charge on any atom is -0.327 e. The highest BCUT2D eigenvalue weighted by molar-refractivity contribution is 6.31. The standard InChI is InChI=1S/C11H14ClN/c12-10-6-2-1-4-8(10)9-5-3-7-11(9)13/h1-2,4,6,9,11H,3,5,7,13H2. The van der Waals surface area contributed by atoms with Gasteiger partial charge in [0.1, 0.15) is 0 Å². The summed E-state index contributed by atoms with van der Waals surface area (Å²) in [5.74, 6) is 0.480. The molecular weight excluding hydrogens is 182 g/mol. The van der Waals surface area contributed by atoms with E-state index in [1.807, 2.05) is 18.2 Å². The van der Waals surface area contributed by atoms with Crippen LogP contribution in [0.15, 0.2) is 24.3 Å². The van der Waals surface area contributed by atoms with Crippen molar-refractivity contribution >= 4 is 11.6 Å². The van der Waals surface area contributed by atoms with Crippen molar-refractivity contribution in [3.8, 4) is 0 Å². The van der Waals surface area contributed by atoms with Crippen molar-refractivity contribution < 1.29 is 0 Å². The van der Waals surface area contributed by atoms with Gasteiger partial charge in [0, 0.05) is 17.0 Å². The molecule has 0 spiro atoms. The summed E-state index contributed by atoms with van der Waals surface area (Å²) in [5.41, 5.74) is 7.25. The number of nitrogens with two attached hydrogens (primary N) is 1. The molecule has 0 aliphatic heterocycles. The van der Waals surface area contributed by atoms with Gasteiger partial charge in [0.25, 0.3) is 0 Å². The van der Waals surface area contributed by atoms with Crippen LogP contribution in [0.25, 0.3) is 0 Å². The maximum absolute atomic E-state index is 6.11. The normalized spacial score (nSPS) is 27.8. The Kier molecular flexibility index (Phi) is 2.56. The second-order valence-electron chi connectivity index (χ2n) is 3.72. The third-order valence-corrected chi connectivity index (χ3v) is 3.22. The first-order valence-electron chi connectivity index (χ1n) is 4.79. The Hall–Kier alpha value is -0.530. The number of hydrogen-bond donors (Lipinski definition) is 1. The van der Waals surface area contributed by atoms with Crippen LogP contribution in [0.1, 0.15) is 30.7 Å². The van der Waals surface area contributed by atoms with Crippen molar-refractivity contribution in [2.24, 2.45) is 5.73 Å². The molecule has 1 aliphatic rings. The molecule has 0 radical (unpaired) electrons. The van der Waals surface area contributed by atoms with Gasteiger partial charge < -0.3 is 5.73 Å². The lowest BCUT2D eigenvalue weighted by Gasteiger charge is -2.16. The SMILES string of the molecule is NC1CCCC1c1ccccc1Cl. The fraction of sp³-hybridized carbons (Fsp3) is 0.455. The predicted molar refractivity (Wildman–Crippen MR) is 56.0 cm³/mol.